The number of benzene rings is 2. The molecule has 2 aromatic carbocycles. The van der Waals surface area contributed by atoms with E-state index in [1.165, 1.54) is 41.0 Å². The van der Waals surface area contributed by atoms with Crippen molar-refractivity contribution in [2.24, 2.45) is 0 Å². The second kappa shape index (κ2) is 7.26. The van der Waals surface area contributed by atoms with Crippen molar-refractivity contribution in [3.05, 3.63) is 64.2 Å². The van der Waals surface area contributed by atoms with Crippen molar-refractivity contribution in [2.75, 3.05) is 5.73 Å². The lowest BCUT2D eigenvalue weighted by Gasteiger charge is -2.05. The summed E-state index contributed by atoms with van der Waals surface area (Å²) in [7, 11) is 0. The summed E-state index contributed by atoms with van der Waals surface area (Å²) in [6, 6.07) is 9.03. The van der Waals surface area contributed by atoms with Crippen molar-refractivity contribution in [1.29, 1.82) is 0 Å². The number of hydrogen-bond acceptors (Lipinski definition) is 3. The molecule has 116 valence electrons. The maximum absolute atomic E-state index is 10.3. The summed E-state index contributed by atoms with van der Waals surface area (Å²) in [6.07, 6.45) is 0. The second-order valence-corrected chi connectivity index (χ2v) is 4.91. The average Bonchev–Trinajstić information content (AvgIpc) is 2.50. The van der Waals surface area contributed by atoms with Gasteiger partial charge in [-0.05, 0) is 67.8 Å². The highest BCUT2D eigenvalue weighted by atomic mass is 16.4. The maximum atomic E-state index is 10.3. The van der Waals surface area contributed by atoms with Gasteiger partial charge in [0.15, 0.2) is 0 Å². The minimum Gasteiger partial charge on any atom is -0.478 e. The highest BCUT2D eigenvalue weighted by molar-refractivity contribution is 5.91. The van der Waals surface area contributed by atoms with Crippen LogP contribution in [0.1, 0.15) is 37.4 Å². The number of nitrogen functional groups attached to an aromatic ring is 1. The lowest BCUT2D eigenvalue weighted by Crippen LogP contribution is -1.99. The van der Waals surface area contributed by atoms with Crippen molar-refractivity contribution in [3.63, 3.8) is 0 Å². The van der Waals surface area contributed by atoms with Crippen LogP contribution in [-0.2, 0) is 0 Å². The van der Waals surface area contributed by atoms with E-state index >= 15 is 0 Å². The predicted octanol–water partition coefficient (Wildman–Crippen LogP) is 3.28. The Morgan fingerprint density at radius 2 is 1.18 bits per heavy atom. The molecule has 5 heteroatoms. The zero-order chi connectivity index (χ0) is 16.9. The Morgan fingerprint density at radius 1 is 0.773 bits per heavy atom. The molecule has 5 nitrogen and oxygen atoms in total. The van der Waals surface area contributed by atoms with Gasteiger partial charge >= 0.3 is 11.9 Å². The summed E-state index contributed by atoms with van der Waals surface area (Å²) >= 11 is 0. The molecule has 0 aliphatic rings. The summed E-state index contributed by atoms with van der Waals surface area (Å²) in [6.45, 7) is 6.25. The van der Waals surface area contributed by atoms with Crippen molar-refractivity contribution in [1.82, 2.24) is 0 Å². The third kappa shape index (κ3) is 4.34. The molecule has 0 atom stereocenters. The number of carbonyl (C=O) groups is 2. The van der Waals surface area contributed by atoms with Gasteiger partial charge in [-0.1, -0.05) is 6.07 Å². The first-order valence-electron chi connectivity index (χ1n) is 6.63. The van der Waals surface area contributed by atoms with Crippen molar-refractivity contribution in [2.45, 2.75) is 20.8 Å². The van der Waals surface area contributed by atoms with Crippen LogP contribution in [0, 0.1) is 20.8 Å². The van der Waals surface area contributed by atoms with Gasteiger partial charge in [0, 0.05) is 5.69 Å². The summed E-state index contributed by atoms with van der Waals surface area (Å²) in [5, 5.41) is 16.9. The SMILES string of the molecule is Cc1ccc(N)c(C)c1C.O=C(O)c1ccc(C(=O)O)cc1. The Morgan fingerprint density at radius 3 is 1.50 bits per heavy atom. The molecule has 0 aliphatic heterocycles. The van der Waals surface area contributed by atoms with Gasteiger partial charge in [-0.25, -0.2) is 9.59 Å². The van der Waals surface area contributed by atoms with Crippen LogP contribution >= 0.6 is 0 Å². The lowest BCUT2D eigenvalue weighted by atomic mass is 10.0. The first kappa shape index (κ1) is 17.2. The number of aromatic carboxylic acids is 2. The van der Waals surface area contributed by atoms with Crippen molar-refractivity contribution >= 4 is 17.6 Å². The van der Waals surface area contributed by atoms with Crippen LogP contribution in [0.3, 0.4) is 0 Å². The Hall–Kier alpha value is -2.82. The van der Waals surface area contributed by atoms with Gasteiger partial charge < -0.3 is 15.9 Å². The topological polar surface area (TPSA) is 101 Å². The largest absolute Gasteiger partial charge is 0.478 e. The Bertz CT molecular complexity index is 631. The number of anilines is 1. The van der Waals surface area contributed by atoms with E-state index in [4.69, 9.17) is 15.9 Å². The van der Waals surface area contributed by atoms with Gasteiger partial charge in [0.1, 0.15) is 0 Å². The van der Waals surface area contributed by atoms with E-state index in [0.29, 0.717) is 0 Å². The van der Waals surface area contributed by atoms with Crippen molar-refractivity contribution in [3.8, 4) is 0 Å². The van der Waals surface area contributed by atoms with Crippen LogP contribution in [0.15, 0.2) is 36.4 Å². The van der Waals surface area contributed by atoms with Gasteiger partial charge in [-0.2, -0.15) is 0 Å². The molecule has 2 rings (SSSR count). The molecule has 0 heterocycles. The van der Waals surface area contributed by atoms with E-state index < -0.39 is 11.9 Å². The van der Waals surface area contributed by atoms with Gasteiger partial charge in [-0.3, -0.25) is 0 Å². The molecule has 22 heavy (non-hydrogen) atoms. The average molecular weight is 301 g/mol. The normalized spacial score (nSPS) is 9.59. The summed E-state index contributed by atoms with van der Waals surface area (Å²) in [4.78, 5) is 20.7. The monoisotopic (exact) mass is 301 g/mol. The molecular weight excluding hydrogens is 282 g/mol. The smallest absolute Gasteiger partial charge is 0.335 e. The van der Waals surface area contributed by atoms with Crippen LogP contribution in [0.4, 0.5) is 5.69 Å². The molecule has 0 aliphatic carbocycles. The van der Waals surface area contributed by atoms with E-state index in [9.17, 15) is 9.59 Å². The maximum Gasteiger partial charge on any atom is 0.335 e. The predicted molar refractivity (Wildman–Crippen MR) is 85.4 cm³/mol. The van der Waals surface area contributed by atoms with E-state index in [2.05, 4.69) is 26.8 Å². The Balaban J connectivity index is 0.000000224. The lowest BCUT2D eigenvalue weighted by molar-refractivity contribution is 0.0681. The molecule has 0 aromatic heterocycles. The van der Waals surface area contributed by atoms with Gasteiger partial charge in [0.05, 0.1) is 11.1 Å². The molecule has 2 aromatic rings. The Labute approximate surface area is 129 Å². The van der Waals surface area contributed by atoms with E-state index in [0.717, 1.165) is 5.69 Å². The summed E-state index contributed by atoms with van der Waals surface area (Å²) < 4.78 is 0. The molecule has 4 N–H and O–H groups in total. The van der Waals surface area contributed by atoms with E-state index in [1.807, 2.05) is 6.07 Å². The highest BCUT2D eigenvalue weighted by Crippen LogP contribution is 2.17. The van der Waals surface area contributed by atoms with Crippen LogP contribution in [0.5, 0.6) is 0 Å². The fourth-order valence-corrected chi connectivity index (χ4v) is 1.73. The number of hydrogen-bond donors (Lipinski definition) is 3. The first-order chi connectivity index (χ1) is 10.2. The number of nitrogens with two attached hydrogens (primary N) is 1. The third-order valence-corrected chi connectivity index (χ3v) is 3.48. The molecular formula is C17H19NO4. The van der Waals surface area contributed by atoms with Gasteiger partial charge in [-0.15, -0.1) is 0 Å². The standard InChI is InChI=1S/C9H13N.C8H6O4/c1-6-4-5-9(10)8(3)7(6)2;9-7(10)5-1-2-6(4-3-5)8(11)12/h4-5H,10H2,1-3H3;1-4H,(H,9,10)(H,11,12). The van der Waals surface area contributed by atoms with Crippen molar-refractivity contribution < 1.29 is 19.8 Å². The summed E-state index contributed by atoms with van der Waals surface area (Å²) in [5.74, 6) is -2.13. The minimum absolute atomic E-state index is 0.0833. The molecule has 0 radical (unpaired) electrons. The van der Waals surface area contributed by atoms with Crippen LogP contribution in [-0.4, -0.2) is 22.2 Å². The number of aryl methyl sites for hydroxylation is 1. The molecule has 0 spiro atoms. The first-order valence-corrected chi connectivity index (χ1v) is 6.63. The van der Waals surface area contributed by atoms with Crippen LogP contribution < -0.4 is 5.73 Å². The van der Waals surface area contributed by atoms with E-state index in [1.54, 1.807) is 0 Å². The Kier molecular flexibility index (Phi) is 5.69. The fourth-order valence-electron chi connectivity index (χ4n) is 1.73. The second-order valence-electron chi connectivity index (χ2n) is 4.91. The molecule has 0 saturated heterocycles. The molecule has 0 bridgehead atoms. The number of carboxylic acid groups (broad SMARTS) is 2. The highest BCUT2D eigenvalue weighted by Gasteiger charge is 2.04. The zero-order valence-corrected chi connectivity index (χ0v) is 12.8. The van der Waals surface area contributed by atoms with Crippen LogP contribution in [0.2, 0.25) is 0 Å². The zero-order valence-electron chi connectivity index (χ0n) is 12.8. The molecule has 0 saturated carbocycles. The molecule has 0 unspecified atom stereocenters. The third-order valence-electron chi connectivity index (χ3n) is 3.48. The van der Waals surface area contributed by atoms with E-state index in [-0.39, 0.29) is 11.1 Å². The van der Waals surface area contributed by atoms with Gasteiger partial charge in [0.2, 0.25) is 0 Å². The quantitative estimate of drug-likeness (QED) is 0.739. The summed E-state index contributed by atoms with van der Waals surface area (Å²) in [5.41, 5.74) is 10.6. The fraction of sp³-hybridized carbons (Fsp3) is 0.176. The minimum atomic E-state index is -1.06. The number of carboxylic acids is 2. The number of rotatable bonds is 2. The van der Waals surface area contributed by atoms with Crippen LogP contribution in [0.25, 0.3) is 0 Å². The molecule has 0 fully saturated rings. The van der Waals surface area contributed by atoms with Gasteiger partial charge in [0.25, 0.3) is 0 Å². The molecule has 0 amide bonds.